The molecule has 30 heavy (non-hydrogen) atoms. The third kappa shape index (κ3) is 3.56. The van der Waals surface area contributed by atoms with E-state index in [2.05, 4.69) is 15.2 Å². The van der Waals surface area contributed by atoms with Crippen LogP contribution in [0.15, 0.2) is 47.6 Å². The van der Waals surface area contributed by atoms with Gasteiger partial charge in [-0.15, -0.1) is 10.2 Å². The molecule has 2 aromatic carbocycles. The molecule has 0 saturated heterocycles. The van der Waals surface area contributed by atoms with E-state index in [-0.39, 0.29) is 17.5 Å². The molecule has 154 valence electrons. The number of fused-ring (bicyclic) bond motifs is 3. The number of carbonyl (C=O) groups is 1. The van der Waals surface area contributed by atoms with E-state index in [9.17, 15) is 9.18 Å². The minimum atomic E-state index is -0.889. The van der Waals surface area contributed by atoms with E-state index in [1.54, 1.807) is 13.2 Å². The van der Waals surface area contributed by atoms with Gasteiger partial charge in [0.15, 0.2) is 5.69 Å². The molecule has 0 fully saturated rings. The summed E-state index contributed by atoms with van der Waals surface area (Å²) in [6.07, 6.45) is -0.889. The quantitative estimate of drug-likeness (QED) is 0.578. The number of thioether (sulfide) groups is 1. The first kappa shape index (κ1) is 20.1. The molecule has 2 heterocycles. The molecular formula is C21H19FN4O3S. The molecule has 3 aromatic rings. The summed E-state index contributed by atoms with van der Waals surface area (Å²) >= 11 is 1.41. The van der Waals surface area contributed by atoms with Gasteiger partial charge >= 0.3 is 0 Å². The fourth-order valence-corrected chi connectivity index (χ4v) is 3.84. The summed E-state index contributed by atoms with van der Waals surface area (Å²) in [5.74, 6) is 0.718. The lowest BCUT2D eigenvalue weighted by molar-refractivity contribution is -0.118. The second kappa shape index (κ2) is 8.27. The fraction of sp³-hybridized carbons (Fsp3) is 0.238. The van der Waals surface area contributed by atoms with Crippen LogP contribution in [0.25, 0.3) is 11.3 Å². The Bertz CT molecular complexity index is 1110. The number of ether oxygens (including phenoxy) is 2. The number of benzene rings is 2. The van der Waals surface area contributed by atoms with Crippen LogP contribution in [0.3, 0.4) is 0 Å². The Balaban J connectivity index is 1.99. The van der Waals surface area contributed by atoms with E-state index in [4.69, 9.17) is 9.47 Å². The SMILES string of the molecule is CCSc1nnc2c(n1)OC(c1ccccc1OC)N(C(C)=O)c1ccc(F)cc1-2. The second-order valence-corrected chi connectivity index (χ2v) is 7.67. The highest BCUT2D eigenvalue weighted by molar-refractivity contribution is 7.99. The van der Waals surface area contributed by atoms with Crippen LogP contribution in [0.1, 0.15) is 25.6 Å². The maximum Gasteiger partial charge on any atom is 0.247 e. The zero-order valence-corrected chi connectivity index (χ0v) is 17.4. The van der Waals surface area contributed by atoms with Crippen molar-refractivity contribution in [1.29, 1.82) is 0 Å². The number of amides is 1. The molecule has 7 nitrogen and oxygen atoms in total. The van der Waals surface area contributed by atoms with Crippen molar-refractivity contribution in [1.82, 2.24) is 15.2 Å². The van der Waals surface area contributed by atoms with Gasteiger partial charge in [-0.2, -0.15) is 4.98 Å². The Morgan fingerprint density at radius 1 is 1.27 bits per heavy atom. The molecule has 9 heteroatoms. The zero-order chi connectivity index (χ0) is 21.3. The number of nitrogens with zero attached hydrogens (tertiary/aromatic N) is 4. The molecule has 1 amide bonds. The molecule has 1 aromatic heterocycles. The number of hydrogen-bond acceptors (Lipinski definition) is 7. The summed E-state index contributed by atoms with van der Waals surface area (Å²) in [5, 5.41) is 8.81. The van der Waals surface area contributed by atoms with E-state index in [1.165, 1.54) is 41.8 Å². The second-order valence-electron chi connectivity index (χ2n) is 6.44. The van der Waals surface area contributed by atoms with Crippen molar-refractivity contribution in [2.45, 2.75) is 25.2 Å². The molecule has 1 aliphatic rings. The lowest BCUT2D eigenvalue weighted by Gasteiger charge is -2.30. The summed E-state index contributed by atoms with van der Waals surface area (Å²) in [7, 11) is 1.55. The molecular weight excluding hydrogens is 407 g/mol. The van der Waals surface area contributed by atoms with Crippen molar-refractivity contribution in [3.05, 3.63) is 53.8 Å². The van der Waals surface area contributed by atoms with Crippen molar-refractivity contribution in [2.24, 2.45) is 0 Å². The van der Waals surface area contributed by atoms with E-state index >= 15 is 0 Å². The number of methoxy groups -OCH3 is 1. The van der Waals surface area contributed by atoms with E-state index < -0.39 is 12.0 Å². The number of aromatic nitrogens is 3. The first-order valence-electron chi connectivity index (χ1n) is 9.30. The van der Waals surface area contributed by atoms with Crippen LogP contribution in [0.5, 0.6) is 11.6 Å². The van der Waals surface area contributed by atoms with Gasteiger partial charge in [0.1, 0.15) is 11.6 Å². The van der Waals surface area contributed by atoms with Gasteiger partial charge in [-0.25, -0.2) is 4.39 Å². The summed E-state index contributed by atoms with van der Waals surface area (Å²) in [6.45, 7) is 3.40. The van der Waals surface area contributed by atoms with Crippen LogP contribution in [-0.4, -0.2) is 34.0 Å². The van der Waals surface area contributed by atoms with Crippen LogP contribution in [-0.2, 0) is 4.79 Å². The maximum absolute atomic E-state index is 14.2. The number of hydrogen-bond donors (Lipinski definition) is 0. The predicted molar refractivity (Wildman–Crippen MR) is 111 cm³/mol. The minimum Gasteiger partial charge on any atom is -0.496 e. The van der Waals surface area contributed by atoms with E-state index in [0.717, 1.165) is 5.75 Å². The normalized spacial score (nSPS) is 14.9. The summed E-state index contributed by atoms with van der Waals surface area (Å²) in [4.78, 5) is 18.7. The number of halogens is 1. The van der Waals surface area contributed by atoms with Crippen LogP contribution in [0, 0.1) is 5.82 Å². The minimum absolute atomic E-state index is 0.174. The van der Waals surface area contributed by atoms with Crippen molar-refractivity contribution in [2.75, 3.05) is 17.8 Å². The lowest BCUT2D eigenvalue weighted by atomic mass is 10.1. The van der Waals surface area contributed by atoms with Crippen LogP contribution < -0.4 is 14.4 Å². The highest BCUT2D eigenvalue weighted by atomic mass is 32.2. The number of para-hydroxylation sites is 1. The number of anilines is 1. The first-order valence-corrected chi connectivity index (χ1v) is 10.3. The summed E-state index contributed by atoms with van der Waals surface area (Å²) < 4.78 is 25.9. The smallest absolute Gasteiger partial charge is 0.247 e. The molecule has 0 radical (unpaired) electrons. The average Bonchev–Trinajstić information content (AvgIpc) is 2.88. The van der Waals surface area contributed by atoms with Crippen LogP contribution in [0.2, 0.25) is 0 Å². The van der Waals surface area contributed by atoms with Crippen molar-refractivity contribution in [3.8, 4) is 22.9 Å². The van der Waals surface area contributed by atoms with Gasteiger partial charge in [-0.1, -0.05) is 30.8 Å². The Hall–Kier alpha value is -3.20. The van der Waals surface area contributed by atoms with E-state index in [0.29, 0.717) is 27.7 Å². The van der Waals surface area contributed by atoms with Gasteiger partial charge in [0, 0.05) is 12.5 Å². The van der Waals surface area contributed by atoms with Crippen LogP contribution in [0.4, 0.5) is 10.1 Å². The van der Waals surface area contributed by atoms with Crippen LogP contribution >= 0.6 is 11.8 Å². The highest BCUT2D eigenvalue weighted by Gasteiger charge is 2.36. The monoisotopic (exact) mass is 426 g/mol. The Labute approximate surface area is 177 Å². The largest absolute Gasteiger partial charge is 0.496 e. The molecule has 0 aliphatic carbocycles. The molecule has 0 N–H and O–H groups in total. The van der Waals surface area contributed by atoms with Gasteiger partial charge in [-0.05, 0) is 36.1 Å². The third-order valence-corrected chi connectivity index (χ3v) is 5.30. The molecule has 1 unspecified atom stereocenters. The van der Waals surface area contributed by atoms with Crippen molar-refractivity contribution < 1.29 is 18.7 Å². The van der Waals surface area contributed by atoms with Gasteiger partial charge in [0.05, 0.1) is 18.4 Å². The first-order chi connectivity index (χ1) is 14.5. The number of carbonyl (C=O) groups excluding carboxylic acids is 1. The maximum atomic E-state index is 14.2. The highest BCUT2D eigenvalue weighted by Crippen LogP contribution is 2.45. The van der Waals surface area contributed by atoms with Crippen molar-refractivity contribution in [3.63, 3.8) is 0 Å². The molecule has 1 aliphatic heterocycles. The summed E-state index contributed by atoms with van der Waals surface area (Å²) in [6, 6.07) is 11.4. The third-order valence-electron chi connectivity index (χ3n) is 4.58. The van der Waals surface area contributed by atoms with Crippen molar-refractivity contribution >= 4 is 23.4 Å². The molecule has 0 saturated carbocycles. The topological polar surface area (TPSA) is 77.4 Å². The molecule has 0 bridgehead atoms. The lowest BCUT2D eigenvalue weighted by Crippen LogP contribution is -2.36. The van der Waals surface area contributed by atoms with Gasteiger partial charge in [-0.3, -0.25) is 9.69 Å². The summed E-state index contributed by atoms with van der Waals surface area (Å²) in [5.41, 5.74) is 1.73. The number of rotatable bonds is 4. The standard InChI is InChI=1S/C21H19FN4O3S/c1-4-30-21-23-19-18(24-25-21)15-11-13(22)9-10-16(15)26(12(2)27)20(29-19)14-7-5-6-8-17(14)28-3/h5-11,20H,4H2,1-3H3. The Kier molecular flexibility index (Phi) is 5.54. The predicted octanol–water partition coefficient (Wildman–Crippen LogP) is 4.24. The van der Waals surface area contributed by atoms with Gasteiger partial charge in [0.25, 0.3) is 0 Å². The molecule has 4 rings (SSSR count). The van der Waals surface area contributed by atoms with Gasteiger partial charge in [0.2, 0.25) is 23.2 Å². The Morgan fingerprint density at radius 2 is 2.07 bits per heavy atom. The fourth-order valence-electron chi connectivity index (χ4n) is 3.34. The average molecular weight is 426 g/mol. The Morgan fingerprint density at radius 3 is 2.80 bits per heavy atom. The van der Waals surface area contributed by atoms with E-state index in [1.807, 2.05) is 25.1 Å². The van der Waals surface area contributed by atoms with Gasteiger partial charge < -0.3 is 9.47 Å². The molecule has 0 spiro atoms. The zero-order valence-electron chi connectivity index (χ0n) is 16.6. The molecule has 1 atom stereocenters.